The number of rotatable bonds is 4. The largest absolute Gasteiger partial charge is 0.464 e. The second-order valence-electron chi connectivity index (χ2n) is 6.29. The molecule has 1 amide bonds. The first kappa shape index (κ1) is 20.8. The Hall–Kier alpha value is -3.42. The molecule has 1 aliphatic heterocycles. The lowest BCUT2D eigenvalue weighted by Gasteiger charge is -2.17. The topological polar surface area (TPSA) is 101 Å². The van der Waals surface area contributed by atoms with E-state index in [9.17, 15) is 14.9 Å². The number of ether oxygens (including phenoxy) is 1. The number of hydrogen-bond acceptors (Lipinski definition) is 7. The third-order valence-corrected chi connectivity index (χ3v) is 5.78. The van der Waals surface area contributed by atoms with Crippen LogP contribution in [0, 0.1) is 11.3 Å². The number of para-hydroxylation sites is 1. The van der Waals surface area contributed by atoms with E-state index in [4.69, 9.17) is 4.74 Å². The van der Waals surface area contributed by atoms with E-state index in [1.807, 2.05) is 30.3 Å². The number of methoxy groups -OCH3 is 1. The Labute approximate surface area is 190 Å². The number of anilines is 1. The molecule has 4 rings (SSSR count). The van der Waals surface area contributed by atoms with Gasteiger partial charge in [0.1, 0.15) is 11.8 Å². The zero-order valence-electron chi connectivity index (χ0n) is 16.2. The van der Waals surface area contributed by atoms with Gasteiger partial charge in [-0.15, -0.1) is 0 Å². The van der Waals surface area contributed by atoms with Crippen molar-refractivity contribution >= 4 is 56.1 Å². The van der Waals surface area contributed by atoms with Gasteiger partial charge in [0.2, 0.25) is 5.91 Å². The molecule has 0 atom stereocenters. The number of hydrogen-bond donors (Lipinski definition) is 0. The van der Waals surface area contributed by atoms with Gasteiger partial charge in [-0.2, -0.15) is 10.4 Å². The van der Waals surface area contributed by atoms with E-state index < -0.39 is 5.97 Å². The third-order valence-electron chi connectivity index (χ3n) is 4.37. The molecular formula is C21H14BrN5O3S. The predicted molar refractivity (Wildman–Crippen MR) is 121 cm³/mol. The van der Waals surface area contributed by atoms with Crippen molar-refractivity contribution < 1.29 is 14.3 Å². The molecule has 0 unspecified atom stereocenters. The minimum Gasteiger partial charge on any atom is -0.464 e. The maximum atomic E-state index is 12.8. The third kappa shape index (κ3) is 3.97. The van der Waals surface area contributed by atoms with Crippen molar-refractivity contribution in [1.29, 1.82) is 5.26 Å². The molecule has 31 heavy (non-hydrogen) atoms. The number of halogens is 1. The fraction of sp³-hybridized carbons (Fsp3) is 0.0952. The number of nitrogens with zero attached hydrogens (tertiary/aromatic N) is 5. The Kier molecular flexibility index (Phi) is 5.88. The van der Waals surface area contributed by atoms with Crippen molar-refractivity contribution in [3.63, 3.8) is 0 Å². The highest BCUT2D eigenvalue weighted by Gasteiger charge is 2.38. The maximum Gasteiger partial charge on any atom is 0.359 e. The Bertz CT molecular complexity index is 1250. The zero-order chi connectivity index (χ0) is 22.0. The summed E-state index contributed by atoms with van der Waals surface area (Å²) in [6.07, 6.45) is 0. The number of benzene rings is 2. The number of aliphatic imine (C=N–C) groups is 1. The Morgan fingerprint density at radius 2 is 2.03 bits per heavy atom. The highest BCUT2D eigenvalue weighted by atomic mass is 79.9. The lowest BCUT2D eigenvalue weighted by Crippen LogP contribution is -2.31. The summed E-state index contributed by atoms with van der Waals surface area (Å²) in [7, 11) is 1.23. The molecule has 1 fully saturated rings. The normalized spacial score (nSPS) is 14.7. The van der Waals surface area contributed by atoms with E-state index in [2.05, 4.69) is 26.0 Å². The Morgan fingerprint density at radius 3 is 2.71 bits per heavy atom. The molecule has 2 heterocycles. The summed E-state index contributed by atoms with van der Waals surface area (Å²) in [6, 6.07) is 18.2. The van der Waals surface area contributed by atoms with Crippen LogP contribution in [0.2, 0.25) is 0 Å². The molecule has 10 heteroatoms. The first-order valence-electron chi connectivity index (χ1n) is 9.00. The van der Waals surface area contributed by atoms with Gasteiger partial charge in [0.15, 0.2) is 16.6 Å². The second kappa shape index (κ2) is 8.75. The summed E-state index contributed by atoms with van der Waals surface area (Å²) in [4.78, 5) is 31.4. The van der Waals surface area contributed by atoms with Gasteiger partial charge in [0.05, 0.1) is 24.2 Å². The number of amides is 1. The first-order chi connectivity index (χ1) is 15.0. The van der Waals surface area contributed by atoms with E-state index in [1.54, 1.807) is 30.3 Å². The molecule has 1 aromatic heterocycles. The van der Waals surface area contributed by atoms with Gasteiger partial charge in [-0.05, 0) is 30.3 Å². The van der Waals surface area contributed by atoms with Crippen molar-refractivity contribution in [2.24, 2.45) is 4.99 Å². The van der Waals surface area contributed by atoms with Crippen molar-refractivity contribution in [1.82, 2.24) is 9.78 Å². The van der Waals surface area contributed by atoms with E-state index in [0.717, 1.165) is 4.47 Å². The van der Waals surface area contributed by atoms with Crippen molar-refractivity contribution in [2.75, 3.05) is 17.8 Å². The molecule has 1 aliphatic rings. The molecule has 8 nitrogen and oxygen atoms in total. The van der Waals surface area contributed by atoms with Crippen molar-refractivity contribution in [3.8, 4) is 11.8 Å². The van der Waals surface area contributed by atoms with E-state index in [0.29, 0.717) is 16.5 Å². The standard InChI is InChI=1S/C21H14BrN5O3S/c1-30-20(29)19-18(16(11-23)25-27(19)15-9-5-6-13(22)10-15)26-17(28)12-31-21(26)24-14-7-3-2-4-8-14/h2-10H,12H2,1H3. The molecule has 0 spiro atoms. The van der Waals surface area contributed by atoms with Gasteiger partial charge >= 0.3 is 5.97 Å². The van der Waals surface area contributed by atoms with Gasteiger partial charge in [0, 0.05) is 4.47 Å². The zero-order valence-corrected chi connectivity index (χ0v) is 18.6. The average molecular weight is 496 g/mol. The highest BCUT2D eigenvalue weighted by Crippen LogP contribution is 2.35. The van der Waals surface area contributed by atoms with Crippen molar-refractivity contribution in [3.05, 3.63) is 70.5 Å². The molecule has 0 saturated carbocycles. The summed E-state index contributed by atoms with van der Waals surface area (Å²) < 4.78 is 7.04. The van der Waals surface area contributed by atoms with Crippen LogP contribution in [0.3, 0.4) is 0 Å². The molecule has 0 N–H and O–H groups in total. The van der Waals surface area contributed by atoms with Crippen LogP contribution in [0.25, 0.3) is 5.69 Å². The van der Waals surface area contributed by atoms with E-state index >= 15 is 0 Å². The smallest absolute Gasteiger partial charge is 0.359 e. The SMILES string of the molecule is COC(=O)c1c(N2C(=O)CSC2=Nc2ccccc2)c(C#N)nn1-c1cccc(Br)c1. The van der Waals surface area contributed by atoms with Crippen molar-refractivity contribution in [2.45, 2.75) is 0 Å². The predicted octanol–water partition coefficient (Wildman–Crippen LogP) is 4.06. The quantitative estimate of drug-likeness (QED) is 0.505. The van der Waals surface area contributed by atoms with E-state index in [1.165, 1.54) is 28.5 Å². The van der Waals surface area contributed by atoms with E-state index in [-0.39, 0.29) is 28.7 Å². The number of aromatic nitrogens is 2. The monoisotopic (exact) mass is 495 g/mol. The van der Waals surface area contributed by atoms with Crippen LogP contribution < -0.4 is 4.90 Å². The molecule has 2 aromatic carbocycles. The summed E-state index contributed by atoms with van der Waals surface area (Å²) in [5.41, 5.74) is 1.10. The number of esters is 1. The highest BCUT2D eigenvalue weighted by molar-refractivity contribution is 9.10. The van der Waals surface area contributed by atoms with Gasteiger partial charge in [-0.3, -0.25) is 9.69 Å². The minimum absolute atomic E-state index is 0.0336. The number of nitriles is 1. The molecule has 0 bridgehead atoms. The Morgan fingerprint density at radius 1 is 1.26 bits per heavy atom. The van der Waals surface area contributed by atoms with Crippen LogP contribution >= 0.6 is 27.7 Å². The Balaban J connectivity index is 1.95. The summed E-state index contributed by atoms with van der Waals surface area (Å²) in [6.45, 7) is 0. The van der Waals surface area contributed by atoms with Gasteiger partial charge < -0.3 is 4.74 Å². The van der Waals surface area contributed by atoms with Crippen LogP contribution in [0.1, 0.15) is 16.2 Å². The first-order valence-corrected chi connectivity index (χ1v) is 10.8. The molecule has 0 aliphatic carbocycles. The minimum atomic E-state index is -0.729. The van der Waals surface area contributed by atoms with Crippen LogP contribution in [-0.2, 0) is 9.53 Å². The average Bonchev–Trinajstić information content (AvgIpc) is 3.33. The lowest BCUT2D eigenvalue weighted by atomic mass is 10.2. The molecule has 154 valence electrons. The fourth-order valence-electron chi connectivity index (χ4n) is 3.05. The van der Waals surface area contributed by atoms with Gasteiger partial charge in [-0.1, -0.05) is 52.0 Å². The summed E-state index contributed by atoms with van der Waals surface area (Å²) in [5.74, 6) is -0.915. The fourth-order valence-corrected chi connectivity index (χ4v) is 4.31. The summed E-state index contributed by atoms with van der Waals surface area (Å²) in [5, 5.41) is 14.4. The number of carbonyl (C=O) groups excluding carboxylic acids is 2. The molecular weight excluding hydrogens is 482 g/mol. The van der Waals surface area contributed by atoms with Crippen LogP contribution in [0.5, 0.6) is 0 Å². The number of amidine groups is 1. The lowest BCUT2D eigenvalue weighted by molar-refractivity contribution is -0.115. The van der Waals surface area contributed by atoms with Gasteiger partial charge in [0.25, 0.3) is 0 Å². The van der Waals surface area contributed by atoms with Crippen LogP contribution in [-0.4, -0.2) is 39.7 Å². The summed E-state index contributed by atoms with van der Waals surface area (Å²) >= 11 is 4.62. The molecule has 1 saturated heterocycles. The van der Waals surface area contributed by atoms with Gasteiger partial charge in [-0.25, -0.2) is 14.5 Å². The maximum absolute atomic E-state index is 12.8. The number of thioether (sulfide) groups is 1. The van der Waals surface area contributed by atoms with Crippen LogP contribution in [0.4, 0.5) is 11.4 Å². The molecule has 0 radical (unpaired) electrons. The second-order valence-corrected chi connectivity index (χ2v) is 8.15. The van der Waals surface area contributed by atoms with Crippen LogP contribution in [0.15, 0.2) is 64.1 Å². The molecule has 3 aromatic rings. The number of carbonyl (C=O) groups is 2.